The molecule has 0 radical (unpaired) electrons. The first-order chi connectivity index (χ1) is 12.6. The fourth-order valence-electron chi connectivity index (χ4n) is 3.94. The molecule has 1 aliphatic rings. The second kappa shape index (κ2) is 7.08. The van der Waals surface area contributed by atoms with E-state index in [9.17, 15) is 9.90 Å². The molecule has 0 bridgehead atoms. The summed E-state index contributed by atoms with van der Waals surface area (Å²) in [5, 5.41) is 12.5. The van der Waals surface area contributed by atoms with Gasteiger partial charge in [-0.3, -0.25) is 0 Å². The lowest BCUT2D eigenvalue weighted by Gasteiger charge is -2.27. The van der Waals surface area contributed by atoms with Gasteiger partial charge in [0.05, 0.1) is 17.2 Å². The fourth-order valence-corrected chi connectivity index (χ4v) is 4.16. The zero-order valence-electron chi connectivity index (χ0n) is 16.4. The Morgan fingerprint density at radius 1 is 1.30 bits per heavy atom. The van der Waals surface area contributed by atoms with Crippen LogP contribution in [-0.2, 0) is 6.42 Å². The molecule has 0 aliphatic heterocycles. The Hall–Kier alpha value is -2.20. The summed E-state index contributed by atoms with van der Waals surface area (Å²) in [4.78, 5) is 11.2. The number of rotatable bonds is 4. The Labute approximate surface area is 165 Å². The first kappa shape index (κ1) is 19.6. The zero-order chi connectivity index (χ0) is 19.9. The molecule has 0 fully saturated rings. The largest absolute Gasteiger partial charge is 0.489 e. The molecule has 3 rings (SSSR count). The molecular weight excluding hydrogens is 362 g/mol. The highest BCUT2D eigenvalue weighted by atomic mass is 35.5. The zero-order valence-corrected chi connectivity index (χ0v) is 17.1. The number of halogens is 1. The van der Waals surface area contributed by atoms with Crippen molar-refractivity contribution in [1.82, 2.24) is 5.32 Å². The molecule has 1 aliphatic carbocycles. The van der Waals surface area contributed by atoms with Gasteiger partial charge in [-0.1, -0.05) is 43.6 Å². The van der Waals surface area contributed by atoms with Gasteiger partial charge >= 0.3 is 6.09 Å². The van der Waals surface area contributed by atoms with Crippen molar-refractivity contribution in [1.29, 1.82) is 0 Å². The van der Waals surface area contributed by atoms with Gasteiger partial charge < -0.3 is 15.2 Å². The van der Waals surface area contributed by atoms with E-state index in [0.717, 1.165) is 28.7 Å². The molecule has 2 aromatic rings. The number of amides is 1. The number of hydrogen-bond acceptors (Lipinski definition) is 2. The smallest absolute Gasteiger partial charge is 0.405 e. The van der Waals surface area contributed by atoms with E-state index in [0.29, 0.717) is 10.8 Å². The van der Waals surface area contributed by atoms with E-state index in [4.69, 9.17) is 16.3 Å². The van der Waals surface area contributed by atoms with Crippen LogP contribution in [0.3, 0.4) is 0 Å². The standard InChI is InChI=1S/C22H26ClNO3/c1-12(2)27-19-7-6-14(10-18(19)23)16-9-15-11-22(4,5)20(24-21(25)26)17(15)8-13(16)3/h6-10,12,20,24H,11H2,1-5H3,(H,25,26)/t20-/m0/s1. The van der Waals surface area contributed by atoms with E-state index in [1.54, 1.807) is 0 Å². The molecule has 2 aromatic carbocycles. The summed E-state index contributed by atoms with van der Waals surface area (Å²) in [7, 11) is 0. The van der Waals surface area contributed by atoms with Gasteiger partial charge in [-0.2, -0.15) is 0 Å². The van der Waals surface area contributed by atoms with E-state index in [-0.39, 0.29) is 17.6 Å². The highest BCUT2D eigenvalue weighted by Crippen LogP contribution is 2.47. The first-order valence-electron chi connectivity index (χ1n) is 9.18. The van der Waals surface area contributed by atoms with E-state index in [1.807, 2.05) is 39.0 Å². The predicted molar refractivity (Wildman–Crippen MR) is 109 cm³/mol. The Morgan fingerprint density at radius 3 is 2.59 bits per heavy atom. The van der Waals surface area contributed by atoms with Crippen molar-refractivity contribution in [3.05, 3.63) is 52.0 Å². The second-order valence-corrected chi connectivity index (χ2v) is 8.63. The number of aryl methyl sites for hydroxylation is 1. The molecule has 1 atom stereocenters. The van der Waals surface area contributed by atoms with E-state index in [1.165, 1.54) is 5.56 Å². The summed E-state index contributed by atoms with van der Waals surface area (Å²) in [6.45, 7) is 10.2. The summed E-state index contributed by atoms with van der Waals surface area (Å²) in [6.07, 6.45) is -0.103. The molecule has 0 saturated carbocycles. The molecular formula is C22H26ClNO3. The first-order valence-corrected chi connectivity index (χ1v) is 9.56. The third-order valence-electron chi connectivity index (χ3n) is 5.10. The van der Waals surface area contributed by atoms with Gasteiger partial charge in [-0.05, 0) is 72.6 Å². The molecule has 0 unspecified atom stereocenters. The van der Waals surface area contributed by atoms with Gasteiger partial charge in [0, 0.05) is 0 Å². The minimum Gasteiger partial charge on any atom is -0.489 e. The molecule has 4 nitrogen and oxygen atoms in total. The number of ether oxygens (including phenoxy) is 1. The molecule has 0 heterocycles. The van der Waals surface area contributed by atoms with Crippen molar-refractivity contribution < 1.29 is 14.6 Å². The number of fused-ring (bicyclic) bond motifs is 1. The van der Waals surface area contributed by atoms with Crippen LogP contribution in [0.25, 0.3) is 11.1 Å². The van der Waals surface area contributed by atoms with Gasteiger partial charge in [0.15, 0.2) is 0 Å². The van der Waals surface area contributed by atoms with Crippen molar-refractivity contribution in [2.24, 2.45) is 5.41 Å². The molecule has 0 spiro atoms. The number of carbonyl (C=O) groups is 1. The Balaban J connectivity index is 2.01. The lowest BCUT2D eigenvalue weighted by atomic mass is 9.85. The van der Waals surface area contributed by atoms with Gasteiger partial charge in [-0.25, -0.2) is 4.79 Å². The van der Waals surface area contributed by atoms with E-state index >= 15 is 0 Å². The van der Waals surface area contributed by atoms with Crippen LogP contribution in [0.1, 0.15) is 50.4 Å². The lowest BCUT2D eigenvalue weighted by Crippen LogP contribution is -2.34. The van der Waals surface area contributed by atoms with Crippen LogP contribution < -0.4 is 10.1 Å². The van der Waals surface area contributed by atoms with Crippen molar-refractivity contribution in [2.75, 3.05) is 0 Å². The monoisotopic (exact) mass is 387 g/mol. The normalized spacial score (nSPS) is 17.7. The quantitative estimate of drug-likeness (QED) is 0.676. The van der Waals surface area contributed by atoms with Crippen LogP contribution in [0, 0.1) is 12.3 Å². The summed E-state index contributed by atoms with van der Waals surface area (Å²) < 4.78 is 5.72. The van der Waals surface area contributed by atoms with Crippen LogP contribution in [0.15, 0.2) is 30.3 Å². The number of carboxylic acid groups (broad SMARTS) is 1. The summed E-state index contributed by atoms with van der Waals surface area (Å²) in [6, 6.07) is 9.93. The van der Waals surface area contributed by atoms with Crippen LogP contribution in [-0.4, -0.2) is 17.3 Å². The van der Waals surface area contributed by atoms with Gasteiger partial charge in [0.25, 0.3) is 0 Å². The third kappa shape index (κ3) is 3.91. The van der Waals surface area contributed by atoms with Crippen LogP contribution >= 0.6 is 11.6 Å². The van der Waals surface area contributed by atoms with Gasteiger partial charge in [0.2, 0.25) is 0 Å². The Bertz CT molecular complexity index is 889. The van der Waals surface area contributed by atoms with E-state index in [2.05, 4.69) is 31.3 Å². The summed E-state index contributed by atoms with van der Waals surface area (Å²) in [5.74, 6) is 0.682. The fraction of sp³-hybridized carbons (Fsp3) is 0.409. The van der Waals surface area contributed by atoms with Crippen LogP contribution in [0.5, 0.6) is 5.75 Å². The maximum Gasteiger partial charge on any atom is 0.405 e. The maximum absolute atomic E-state index is 11.2. The van der Waals surface area contributed by atoms with Crippen LogP contribution in [0.2, 0.25) is 5.02 Å². The number of nitrogens with one attached hydrogen (secondary N) is 1. The SMILES string of the molecule is Cc1cc2c(cc1-c1ccc(OC(C)C)c(Cl)c1)CC(C)(C)[C@H]2NC(=O)O. The minimum atomic E-state index is -0.991. The van der Waals surface area contributed by atoms with Crippen molar-refractivity contribution in [3.8, 4) is 16.9 Å². The molecule has 144 valence electrons. The molecule has 27 heavy (non-hydrogen) atoms. The topological polar surface area (TPSA) is 58.6 Å². The third-order valence-corrected chi connectivity index (χ3v) is 5.39. The van der Waals surface area contributed by atoms with Crippen LogP contribution in [0.4, 0.5) is 4.79 Å². The number of benzene rings is 2. The second-order valence-electron chi connectivity index (χ2n) is 8.23. The van der Waals surface area contributed by atoms with Crippen molar-refractivity contribution in [2.45, 2.75) is 53.2 Å². The number of hydrogen-bond donors (Lipinski definition) is 2. The molecule has 5 heteroatoms. The predicted octanol–water partition coefficient (Wildman–Crippen LogP) is 5.99. The summed E-state index contributed by atoms with van der Waals surface area (Å²) >= 11 is 6.42. The average Bonchev–Trinajstić information content (AvgIpc) is 2.78. The average molecular weight is 388 g/mol. The van der Waals surface area contributed by atoms with Gasteiger partial charge in [0.1, 0.15) is 5.75 Å². The summed E-state index contributed by atoms with van der Waals surface area (Å²) in [5.41, 5.74) is 5.31. The lowest BCUT2D eigenvalue weighted by molar-refractivity contribution is 0.175. The molecule has 1 amide bonds. The van der Waals surface area contributed by atoms with Gasteiger partial charge in [-0.15, -0.1) is 0 Å². The van der Waals surface area contributed by atoms with Crippen molar-refractivity contribution >= 4 is 17.7 Å². The molecule has 0 aromatic heterocycles. The van der Waals surface area contributed by atoms with Crippen molar-refractivity contribution in [3.63, 3.8) is 0 Å². The Morgan fingerprint density at radius 2 is 2.00 bits per heavy atom. The molecule has 0 saturated heterocycles. The highest BCUT2D eigenvalue weighted by molar-refractivity contribution is 6.32. The minimum absolute atomic E-state index is 0.0657. The Kier molecular flexibility index (Phi) is 5.13. The molecule has 2 N–H and O–H groups in total. The maximum atomic E-state index is 11.2. The van der Waals surface area contributed by atoms with E-state index < -0.39 is 6.09 Å². The highest BCUT2D eigenvalue weighted by Gasteiger charge is 2.40.